The third-order valence-corrected chi connectivity index (χ3v) is 4.27. The summed E-state index contributed by atoms with van der Waals surface area (Å²) in [7, 11) is 0. The Balaban J connectivity index is 1.71. The van der Waals surface area contributed by atoms with Gasteiger partial charge >= 0.3 is 0 Å². The Morgan fingerprint density at radius 2 is 1.96 bits per heavy atom. The maximum atomic E-state index is 11.2. The standard InChI is InChI=1S/C20H17N3O3/c1-12(19(21)24)26-15-5-6-16-17-9-13(20-22-7-2-8-23-20)3-4-14(17)11-25-18(16)10-15/h2-10,12H,11H2,1H3,(H2,21,24)/t12-/m0/s1. The molecular weight excluding hydrogens is 330 g/mol. The van der Waals surface area contributed by atoms with Gasteiger partial charge in [-0.1, -0.05) is 12.1 Å². The topological polar surface area (TPSA) is 87.3 Å². The van der Waals surface area contributed by atoms with Crippen LogP contribution in [0.2, 0.25) is 0 Å². The maximum Gasteiger partial charge on any atom is 0.258 e. The fraction of sp³-hybridized carbons (Fsp3) is 0.150. The highest BCUT2D eigenvalue weighted by atomic mass is 16.5. The van der Waals surface area contributed by atoms with Crippen molar-refractivity contribution in [2.75, 3.05) is 0 Å². The lowest BCUT2D eigenvalue weighted by Gasteiger charge is -2.22. The first kappa shape index (κ1) is 16.1. The van der Waals surface area contributed by atoms with Crippen LogP contribution in [-0.4, -0.2) is 22.0 Å². The molecule has 6 nitrogen and oxygen atoms in total. The number of ether oxygens (including phenoxy) is 2. The van der Waals surface area contributed by atoms with Crippen molar-refractivity contribution in [1.29, 1.82) is 0 Å². The zero-order valence-corrected chi connectivity index (χ0v) is 14.2. The van der Waals surface area contributed by atoms with Crippen LogP contribution in [0.15, 0.2) is 54.9 Å². The lowest BCUT2D eigenvalue weighted by atomic mass is 9.94. The summed E-state index contributed by atoms with van der Waals surface area (Å²) in [5, 5.41) is 0. The number of rotatable bonds is 4. The lowest BCUT2D eigenvalue weighted by molar-refractivity contribution is -0.123. The number of hydrogen-bond acceptors (Lipinski definition) is 5. The summed E-state index contributed by atoms with van der Waals surface area (Å²) in [4.78, 5) is 19.8. The van der Waals surface area contributed by atoms with Gasteiger partial charge in [0.15, 0.2) is 11.9 Å². The normalized spacial score (nSPS) is 13.1. The first-order valence-electron chi connectivity index (χ1n) is 8.25. The molecule has 0 bridgehead atoms. The smallest absolute Gasteiger partial charge is 0.258 e. The molecule has 0 spiro atoms. The Morgan fingerprint density at radius 1 is 1.15 bits per heavy atom. The highest BCUT2D eigenvalue weighted by molar-refractivity contribution is 5.80. The SMILES string of the molecule is C[C@H](Oc1ccc2c(c1)OCc1ccc(-c3ncccn3)cc1-2)C(N)=O. The van der Waals surface area contributed by atoms with E-state index in [0.717, 1.165) is 22.3 Å². The van der Waals surface area contributed by atoms with Crippen LogP contribution in [0.5, 0.6) is 11.5 Å². The van der Waals surface area contributed by atoms with Gasteiger partial charge in [-0.25, -0.2) is 9.97 Å². The molecule has 3 aromatic rings. The molecule has 0 unspecified atom stereocenters. The molecule has 2 aromatic carbocycles. The Morgan fingerprint density at radius 3 is 2.73 bits per heavy atom. The largest absolute Gasteiger partial charge is 0.488 e. The van der Waals surface area contributed by atoms with E-state index in [1.807, 2.05) is 24.3 Å². The summed E-state index contributed by atoms with van der Waals surface area (Å²) in [6.45, 7) is 2.08. The second-order valence-electron chi connectivity index (χ2n) is 6.05. The Hall–Kier alpha value is -3.41. The molecule has 0 aliphatic carbocycles. The van der Waals surface area contributed by atoms with Gasteiger partial charge in [-0.2, -0.15) is 0 Å². The molecule has 1 atom stereocenters. The van der Waals surface area contributed by atoms with E-state index in [-0.39, 0.29) is 0 Å². The number of carbonyl (C=O) groups excluding carboxylic acids is 1. The van der Waals surface area contributed by atoms with Crippen LogP contribution in [-0.2, 0) is 11.4 Å². The van der Waals surface area contributed by atoms with Gasteiger partial charge in [0.05, 0.1) is 0 Å². The van der Waals surface area contributed by atoms with Crippen LogP contribution >= 0.6 is 0 Å². The molecule has 0 saturated heterocycles. The zero-order chi connectivity index (χ0) is 18.1. The van der Waals surface area contributed by atoms with Gasteiger partial charge in [0.1, 0.15) is 18.1 Å². The van der Waals surface area contributed by atoms with Crippen molar-refractivity contribution in [1.82, 2.24) is 9.97 Å². The van der Waals surface area contributed by atoms with Crippen LogP contribution in [0.25, 0.3) is 22.5 Å². The minimum absolute atomic E-state index is 0.465. The van der Waals surface area contributed by atoms with Crippen molar-refractivity contribution in [2.45, 2.75) is 19.6 Å². The first-order chi connectivity index (χ1) is 12.6. The summed E-state index contributed by atoms with van der Waals surface area (Å²) >= 11 is 0. The second-order valence-corrected chi connectivity index (χ2v) is 6.05. The summed E-state index contributed by atoms with van der Waals surface area (Å²) in [5.41, 5.74) is 9.32. The molecule has 1 aromatic heterocycles. The molecule has 1 aliphatic rings. The molecule has 130 valence electrons. The van der Waals surface area contributed by atoms with E-state index >= 15 is 0 Å². The number of nitrogens with two attached hydrogens (primary N) is 1. The molecular formula is C20H17N3O3. The number of nitrogens with zero attached hydrogens (tertiary/aromatic N) is 2. The quantitative estimate of drug-likeness (QED) is 0.784. The summed E-state index contributed by atoms with van der Waals surface area (Å²) in [5.74, 6) is 1.42. The Labute approximate surface area is 150 Å². The summed E-state index contributed by atoms with van der Waals surface area (Å²) in [6.07, 6.45) is 2.75. The van der Waals surface area contributed by atoms with Gasteiger partial charge in [-0.15, -0.1) is 0 Å². The van der Waals surface area contributed by atoms with Crippen molar-refractivity contribution in [3.8, 4) is 34.0 Å². The number of benzene rings is 2. The van der Waals surface area contributed by atoms with Gasteiger partial charge in [0, 0.05) is 29.6 Å². The maximum absolute atomic E-state index is 11.2. The number of aromatic nitrogens is 2. The molecule has 2 N–H and O–H groups in total. The molecule has 1 aliphatic heterocycles. The lowest BCUT2D eigenvalue weighted by Crippen LogP contribution is -2.30. The predicted molar refractivity (Wildman–Crippen MR) is 96.5 cm³/mol. The van der Waals surface area contributed by atoms with Crippen LogP contribution in [0.4, 0.5) is 0 Å². The fourth-order valence-corrected chi connectivity index (χ4v) is 2.88. The van der Waals surface area contributed by atoms with Crippen molar-refractivity contribution < 1.29 is 14.3 Å². The third kappa shape index (κ3) is 2.97. The first-order valence-corrected chi connectivity index (χ1v) is 8.25. The van der Waals surface area contributed by atoms with Gasteiger partial charge in [0.25, 0.3) is 5.91 Å². The Bertz CT molecular complexity index is 973. The molecule has 4 rings (SSSR count). The second kappa shape index (κ2) is 6.48. The van der Waals surface area contributed by atoms with Crippen molar-refractivity contribution in [3.63, 3.8) is 0 Å². The number of carbonyl (C=O) groups is 1. The van der Waals surface area contributed by atoms with Crippen LogP contribution in [0, 0.1) is 0 Å². The van der Waals surface area contributed by atoms with Crippen LogP contribution in [0.1, 0.15) is 12.5 Å². The van der Waals surface area contributed by atoms with Gasteiger partial charge in [-0.05, 0) is 42.3 Å². The molecule has 0 fully saturated rings. The molecule has 0 saturated carbocycles. The van der Waals surface area contributed by atoms with Gasteiger partial charge in [0.2, 0.25) is 0 Å². The van der Waals surface area contributed by atoms with E-state index in [9.17, 15) is 4.79 Å². The van der Waals surface area contributed by atoms with Crippen LogP contribution < -0.4 is 15.2 Å². The van der Waals surface area contributed by atoms with E-state index < -0.39 is 12.0 Å². The average molecular weight is 347 g/mol. The number of amides is 1. The van der Waals surface area contributed by atoms with E-state index in [4.69, 9.17) is 15.2 Å². The number of fused-ring (bicyclic) bond motifs is 3. The highest BCUT2D eigenvalue weighted by Crippen LogP contribution is 2.41. The van der Waals surface area contributed by atoms with E-state index in [2.05, 4.69) is 16.0 Å². The average Bonchev–Trinajstić information content (AvgIpc) is 2.67. The van der Waals surface area contributed by atoms with E-state index in [1.165, 1.54) is 0 Å². The zero-order valence-electron chi connectivity index (χ0n) is 14.2. The van der Waals surface area contributed by atoms with Gasteiger partial charge in [-0.3, -0.25) is 4.79 Å². The minimum Gasteiger partial charge on any atom is -0.488 e. The highest BCUT2D eigenvalue weighted by Gasteiger charge is 2.20. The van der Waals surface area contributed by atoms with Crippen molar-refractivity contribution in [3.05, 3.63) is 60.4 Å². The molecule has 26 heavy (non-hydrogen) atoms. The third-order valence-electron chi connectivity index (χ3n) is 4.27. The minimum atomic E-state index is -0.703. The van der Waals surface area contributed by atoms with Crippen molar-refractivity contribution >= 4 is 5.91 Å². The van der Waals surface area contributed by atoms with E-state index in [0.29, 0.717) is 23.9 Å². The van der Waals surface area contributed by atoms with Crippen molar-refractivity contribution in [2.24, 2.45) is 5.73 Å². The summed E-state index contributed by atoms with van der Waals surface area (Å²) in [6, 6.07) is 13.4. The predicted octanol–water partition coefficient (Wildman–Crippen LogP) is 2.96. The monoisotopic (exact) mass is 347 g/mol. The number of primary amides is 1. The Kier molecular flexibility index (Phi) is 4.01. The summed E-state index contributed by atoms with van der Waals surface area (Å²) < 4.78 is 11.4. The van der Waals surface area contributed by atoms with E-state index in [1.54, 1.807) is 31.5 Å². The molecule has 6 heteroatoms. The van der Waals surface area contributed by atoms with Gasteiger partial charge < -0.3 is 15.2 Å². The molecule has 0 radical (unpaired) electrons. The molecule has 1 amide bonds. The number of hydrogen-bond donors (Lipinski definition) is 1. The van der Waals surface area contributed by atoms with Crippen LogP contribution in [0.3, 0.4) is 0 Å². The fourth-order valence-electron chi connectivity index (χ4n) is 2.88. The molecule has 2 heterocycles.